The Hall–Kier alpha value is -3.89. The van der Waals surface area contributed by atoms with Crippen LogP contribution in [0, 0.1) is 0 Å². The molecule has 0 bridgehead atoms. The van der Waals surface area contributed by atoms with Crippen molar-refractivity contribution in [3.05, 3.63) is 54.7 Å². The van der Waals surface area contributed by atoms with Crippen LogP contribution in [0.2, 0.25) is 0 Å². The van der Waals surface area contributed by atoms with Gasteiger partial charge in [-0.05, 0) is 36.7 Å². The number of ether oxygens (including phenoxy) is 1. The second-order valence-electron chi connectivity index (χ2n) is 8.31. The van der Waals surface area contributed by atoms with E-state index in [2.05, 4.69) is 39.0 Å². The summed E-state index contributed by atoms with van der Waals surface area (Å²) in [4.78, 5) is 29.4. The fraction of sp³-hybridized carbons (Fsp3) is 0.240. The molecule has 0 radical (unpaired) electrons. The number of nitrogens with one attached hydrogen (secondary N) is 3. The molecule has 1 aliphatic heterocycles. The number of hydrogen-bond acceptors (Lipinski definition) is 8. The molecule has 0 atom stereocenters. The largest absolute Gasteiger partial charge is 0.494 e. The van der Waals surface area contributed by atoms with Crippen molar-refractivity contribution in [3.63, 3.8) is 0 Å². The monoisotopic (exact) mass is 489 g/mol. The Morgan fingerprint density at radius 2 is 2.03 bits per heavy atom. The third-order valence-corrected chi connectivity index (χ3v) is 6.94. The number of rotatable bonds is 7. The normalized spacial score (nSPS) is 14.2. The van der Waals surface area contributed by atoms with E-state index in [1.807, 2.05) is 42.0 Å². The topological polar surface area (TPSA) is 98.4 Å². The predicted molar refractivity (Wildman–Crippen MR) is 142 cm³/mol. The highest BCUT2D eigenvalue weighted by Crippen LogP contribution is 2.39. The van der Waals surface area contributed by atoms with Crippen LogP contribution in [0.1, 0.15) is 0 Å². The molecule has 0 spiro atoms. The van der Waals surface area contributed by atoms with E-state index in [1.165, 1.54) is 6.08 Å². The summed E-state index contributed by atoms with van der Waals surface area (Å²) in [5, 5.41) is 8.28. The molecular weight excluding hydrogens is 462 g/mol. The third-order valence-electron chi connectivity index (χ3n) is 6.03. The van der Waals surface area contributed by atoms with Crippen LogP contribution in [0.3, 0.4) is 0 Å². The molecule has 3 aromatic heterocycles. The summed E-state index contributed by atoms with van der Waals surface area (Å²) < 4.78 is 6.76. The minimum Gasteiger partial charge on any atom is -0.494 e. The number of amides is 1. The molecule has 4 heterocycles. The number of anilines is 4. The molecule has 9 nitrogen and oxygen atoms in total. The zero-order valence-corrected chi connectivity index (χ0v) is 20.5. The van der Waals surface area contributed by atoms with Crippen molar-refractivity contribution < 1.29 is 9.53 Å². The van der Waals surface area contributed by atoms with Gasteiger partial charge in [0.15, 0.2) is 0 Å². The van der Waals surface area contributed by atoms with Gasteiger partial charge in [0.05, 0.1) is 40.1 Å². The lowest BCUT2D eigenvalue weighted by atomic mass is 10.1. The SMILES string of the molecule is C=CC(=O)Nc1cc(Nc2nc(-c3cc[nH]c3)c3sccc3n2)c(OC)cc1N1CCN(C)CC1. The Morgan fingerprint density at radius 1 is 1.20 bits per heavy atom. The number of piperazine rings is 1. The molecular formula is C25H27N7O2S. The van der Waals surface area contributed by atoms with Gasteiger partial charge in [-0.1, -0.05) is 6.58 Å². The van der Waals surface area contributed by atoms with Crippen LogP contribution < -0.4 is 20.3 Å². The maximum atomic E-state index is 12.3. The van der Waals surface area contributed by atoms with Crippen LogP contribution in [0.5, 0.6) is 5.75 Å². The average Bonchev–Trinajstić information content (AvgIpc) is 3.57. The quantitative estimate of drug-likeness (QED) is 0.333. The van der Waals surface area contributed by atoms with E-state index >= 15 is 0 Å². The van der Waals surface area contributed by atoms with Crippen molar-refractivity contribution >= 4 is 50.5 Å². The van der Waals surface area contributed by atoms with E-state index in [1.54, 1.807) is 18.4 Å². The minimum absolute atomic E-state index is 0.276. The lowest BCUT2D eigenvalue weighted by molar-refractivity contribution is -0.111. The number of carbonyl (C=O) groups excluding carboxylic acids is 1. The molecule has 0 saturated carbocycles. The van der Waals surface area contributed by atoms with E-state index in [9.17, 15) is 4.79 Å². The van der Waals surface area contributed by atoms with Crippen molar-refractivity contribution in [1.82, 2.24) is 19.9 Å². The van der Waals surface area contributed by atoms with Gasteiger partial charge >= 0.3 is 0 Å². The summed E-state index contributed by atoms with van der Waals surface area (Å²) in [5.41, 5.74) is 4.92. The second kappa shape index (κ2) is 9.77. The van der Waals surface area contributed by atoms with Crippen LogP contribution in [0.25, 0.3) is 21.5 Å². The van der Waals surface area contributed by atoms with Crippen LogP contribution in [-0.4, -0.2) is 66.1 Å². The number of fused-ring (bicyclic) bond motifs is 1. The molecule has 1 fully saturated rings. The van der Waals surface area contributed by atoms with Gasteiger partial charge in [-0.15, -0.1) is 11.3 Å². The second-order valence-corrected chi connectivity index (χ2v) is 9.22. The van der Waals surface area contributed by atoms with Crippen LogP contribution >= 0.6 is 11.3 Å². The van der Waals surface area contributed by atoms with E-state index in [0.29, 0.717) is 23.1 Å². The third kappa shape index (κ3) is 4.71. The lowest BCUT2D eigenvalue weighted by Crippen LogP contribution is -2.44. The number of carbonyl (C=O) groups is 1. The number of nitrogens with zero attached hydrogens (tertiary/aromatic N) is 4. The molecule has 35 heavy (non-hydrogen) atoms. The molecule has 1 aliphatic rings. The van der Waals surface area contributed by atoms with Crippen molar-refractivity contribution in [3.8, 4) is 17.0 Å². The van der Waals surface area contributed by atoms with Crippen molar-refractivity contribution in [2.45, 2.75) is 0 Å². The van der Waals surface area contributed by atoms with Crippen LogP contribution in [0.4, 0.5) is 23.0 Å². The Bertz CT molecular complexity index is 1360. The summed E-state index contributed by atoms with van der Waals surface area (Å²) >= 11 is 1.61. The predicted octanol–water partition coefficient (Wildman–Crippen LogP) is 4.31. The van der Waals surface area contributed by atoms with E-state index in [4.69, 9.17) is 14.7 Å². The molecule has 1 amide bonds. The van der Waals surface area contributed by atoms with Crippen molar-refractivity contribution in [2.75, 3.05) is 55.9 Å². The molecule has 0 unspecified atom stereocenters. The maximum absolute atomic E-state index is 12.3. The van der Waals surface area contributed by atoms with Gasteiger partial charge in [0.25, 0.3) is 0 Å². The number of hydrogen-bond donors (Lipinski definition) is 3. The number of benzene rings is 1. The first-order valence-corrected chi connectivity index (χ1v) is 12.2. The van der Waals surface area contributed by atoms with Gasteiger partial charge in [-0.3, -0.25) is 4.79 Å². The molecule has 10 heteroatoms. The number of likely N-dealkylation sites (N-methyl/N-ethyl adjacent to an activating group) is 1. The molecule has 180 valence electrons. The first-order valence-electron chi connectivity index (χ1n) is 11.3. The van der Waals surface area contributed by atoms with Gasteiger partial charge in [-0.25, -0.2) is 9.97 Å². The zero-order chi connectivity index (χ0) is 24.4. The number of H-pyrrole nitrogens is 1. The summed E-state index contributed by atoms with van der Waals surface area (Å²) in [6, 6.07) is 7.78. The first kappa shape index (κ1) is 22.9. The minimum atomic E-state index is -0.276. The highest BCUT2D eigenvalue weighted by Gasteiger charge is 2.21. The smallest absolute Gasteiger partial charge is 0.247 e. The highest BCUT2D eigenvalue weighted by molar-refractivity contribution is 7.17. The molecule has 4 aromatic rings. The van der Waals surface area contributed by atoms with Crippen LogP contribution in [-0.2, 0) is 4.79 Å². The molecule has 1 aromatic carbocycles. The fourth-order valence-electron chi connectivity index (χ4n) is 4.14. The van der Waals surface area contributed by atoms with Gasteiger partial charge in [0.1, 0.15) is 5.75 Å². The van der Waals surface area contributed by atoms with E-state index in [0.717, 1.165) is 53.3 Å². The Morgan fingerprint density at radius 3 is 2.74 bits per heavy atom. The van der Waals surface area contributed by atoms with Crippen molar-refractivity contribution in [1.29, 1.82) is 0 Å². The standard InChI is InChI=1S/C25H27N7O2S/c1-4-22(33)27-18-13-19(21(34-3)14-20(18)32-10-8-31(2)9-11-32)29-25-28-17-6-12-35-24(17)23(30-25)16-5-7-26-15-16/h4-7,12-15,26H,1,8-11H2,2-3H3,(H,27,33)(H,28,29,30). The first-order chi connectivity index (χ1) is 17.1. The van der Waals surface area contributed by atoms with Crippen molar-refractivity contribution in [2.24, 2.45) is 0 Å². The Balaban J connectivity index is 1.55. The summed E-state index contributed by atoms with van der Waals surface area (Å²) in [7, 11) is 3.74. The van der Waals surface area contributed by atoms with Gasteiger partial charge < -0.3 is 30.2 Å². The fourth-order valence-corrected chi connectivity index (χ4v) is 4.98. The van der Waals surface area contributed by atoms with Gasteiger partial charge in [-0.2, -0.15) is 0 Å². The molecule has 5 rings (SSSR count). The van der Waals surface area contributed by atoms with Crippen LogP contribution in [0.15, 0.2) is 54.7 Å². The zero-order valence-electron chi connectivity index (χ0n) is 19.7. The number of methoxy groups -OCH3 is 1. The number of aromatic amines is 1. The average molecular weight is 490 g/mol. The van der Waals surface area contributed by atoms with E-state index in [-0.39, 0.29) is 5.91 Å². The maximum Gasteiger partial charge on any atom is 0.247 e. The molecule has 0 aliphatic carbocycles. The summed E-state index contributed by atoms with van der Waals surface area (Å²) in [5.74, 6) is 0.800. The summed E-state index contributed by atoms with van der Waals surface area (Å²) in [6.07, 6.45) is 5.06. The number of aromatic nitrogens is 3. The lowest BCUT2D eigenvalue weighted by Gasteiger charge is -2.35. The molecule has 1 saturated heterocycles. The molecule has 3 N–H and O–H groups in total. The van der Waals surface area contributed by atoms with Gasteiger partial charge in [0.2, 0.25) is 11.9 Å². The number of thiophene rings is 1. The van der Waals surface area contributed by atoms with Gasteiger partial charge in [0, 0.05) is 50.2 Å². The van der Waals surface area contributed by atoms with E-state index < -0.39 is 0 Å². The summed E-state index contributed by atoms with van der Waals surface area (Å²) in [6.45, 7) is 7.17. The highest BCUT2D eigenvalue weighted by atomic mass is 32.1. The Labute approximate surface area is 207 Å². The Kier molecular flexibility index (Phi) is 6.39.